The van der Waals surface area contributed by atoms with Gasteiger partial charge in [0, 0.05) is 16.7 Å². The number of carbonyl (C=O) groups is 3. The maximum absolute atomic E-state index is 11.5. The number of hydrogen-bond acceptors (Lipinski definition) is 5. The second kappa shape index (κ2) is 7.67. The monoisotopic (exact) mass is 347 g/mol. The molecule has 0 radical (unpaired) electrons. The maximum atomic E-state index is 11.5. The summed E-state index contributed by atoms with van der Waals surface area (Å²) in [6.45, 7) is 0. The number of thioether (sulfide) groups is 1. The SMILES string of the molecule is O=C(CSCc1ccc(Cl)s1)NNC(=O)C(=O)NC1CC1. The summed E-state index contributed by atoms with van der Waals surface area (Å²) in [7, 11) is 0. The Labute approximate surface area is 135 Å². The van der Waals surface area contributed by atoms with Crippen molar-refractivity contribution in [1.29, 1.82) is 0 Å². The lowest BCUT2D eigenvalue weighted by atomic mass is 10.5. The van der Waals surface area contributed by atoms with Crippen LogP contribution < -0.4 is 16.2 Å². The molecule has 9 heteroatoms. The van der Waals surface area contributed by atoms with Gasteiger partial charge >= 0.3 is 11.8 Å². The van der Waals surface area contributed by atoms with Crippen molar-refractivity contribution in [3.05, 3.63) is 21.3 Å². The van der Waals surface area contributed by atoms with E-state index in [4.69, 9.17) is 11.6 Å². The van der Waals surface area contributed by atoms with Crippen LogP contribution in [0.15, 0.2) is 12.1 Å². The molecule has 1 fully saturated rings. The van der Waals surface area contributed by atoms with Crippen molar-refractivity contribution in [3.63, 3.8) is 0 Å². The third kappa shape index (κ3) is 5.94. The summed E-state index contributed by atoms with van der Waals surface area (Å²) >= 11 is 8.66. The molecule has 114 valence electrons. The Morgan fingerprint density at radius 1 is 1.24 bits per heavy atom. The highest BCUT2D eigenvalue weighted by Gasteiger charge is 2.26. The first-order valence-corrected chi connectivity index (χ1v) is 8.61. The average Bonchev–Trinajstić information content (AvgIpc) is 3.16. The summed E-state index contributed by atoms with van der Waals surface area (Å²) in [4.78, 5) is 35.2. The van der Waals surface area contributed by atoms with Crippen molar-refractivity contribution in [2.75, 3.05) is 5.75 Å². The van der Waals surface area contributed by atoms with Crippen LogP contribution in [0.3, 0.4) is 0 Å². The van der Waals surface area contributed by atoms with Gasteiger partial charge in [0.2, 0.25) is 5.91 Å². The van der Waals surface area contributed by atoms with E-state index in [1.807, 2.05) is 6.07 Å². The number of halogens is 1. The van der Waals surface area contributed by atoms with Gasteiger partial charge in [-0.15, -0.1) is 23.1 Å². The molecular weight excluding hydrogens is 334 g/mol. The van der Waals surface area contributed by atoms with Gasteiger partial charge in [0.25, 0.3) is 0 Å². The molecular formula is C12H14ClN3O3S2. The lowest BCUT2D eigenvalue weighted by molar-refractivity contribution is -0.140. The zero-order valence-corrected chi connectivity index (χ0v) is 13.4. The van der Waals surface area contributed by atoms with Crippen LogP contribution in [0.2, 0.25) is 4.34 Å². The molecule has 0 aromatic carbocycles. The highest BCUT2D eigenvalue weighted by atomic mass is 35.5. The molecule has 0 spiro atoms. The van der Waals surface area contributed by atoms with Crippen LogP contribution in [0.1, 0.15) is 17.7 Å². The van der Waals surface area contributed by atoms with Crippen molar-refractivity contribution >= 4 is 52.4 Å². The Morgan fingerprint density at radius 3 is 2.62 bits per heavy atom. The molecule has 0 saturated heterocycles. The number of hydrogen-bond donors (Lipinski definition) is 3. The largest absolute Gasteiger partial charge is 0.345 e. The van der Waals surface area contributed by atoms with E-state index in [0.717, 1.165) is 17.7 Å². The van der Waals surface area contributed by atoms with E-state index in [9.17, 15) is 14.4 Å². The number of rotatable bonds is 5. The molecule has 21 heavy (non-hydrogen) atoms. The minimum absolute atomic E-state index is 0.104. The van der Waals surface area contributed by atoms with Crippen molar-refractivity contribution in [2.45, 2.75) is 24.6 Å². The molecule has 0 aliphatic heterocycles. The van der Waals surface area contributed by atoms with Gasteiger partial charge in [-0.3, -0.25) is 25.2 Å². The summed E-state index contributed by atoms with van der Waals surface area (Å²) in [5.74, 6) is -1.10. The Kier molecular flexibility index (Phi) is 5.89. The number of nitrogens with one attached hydrogen (secondary N) is 3. The zero-order valence-electron chi connectivity index (χ0n) is 11.0. The number of amides is 3. The van der Waals surface area contributed by atoms with Crippen LogP contribution >= 0.6 is 34.7 Å². The van der Waals surface area contributed by atoms with Crippen LogP contribution in [-0.4, -0.2) is 29.5 Å². The third-order valence-corrected chi connectivity index (χ3v) is 4.94. The molecule has 3 amide bonds. The van der Waals surface area contributed by atoms with Gasteiger partial charge in [-0.1, -0.05) is 11.6 Å². The van der Waals surface area contributed by atoms with Crippen LogP contribution in [0, 0.1) is 0 Å². The van der Waals surface area contributed by atoms with Crippen molar-refractivity contribution in [2.24, 2.45) is 0 Å². The first-order valence-electron chi connectivity index (χ1n) is 6.26. The predicted octanol–water partition coefficient (Wildman–Crippen LogP) is 1.06. The van der Waals surface area contributed by atoms with Gasteiger partial charge in [-0.25, -0.2) is 0 Å². The number of thiophene rings is 1. The van der Waals surface area contributed by atoms with Crippen molar-refractivity contribution in [3.8, 4) is 0 Å². The molecule has 1 saturated carbocycles. The molecule has 0 atom stereocenters. The molecule has 1 aromatic rings. The maximum Gasteiger partial charge on any atom is 0.327 e. The van der Waals surface area contributed by atoms with E-state index in [0.29, 0.717) is 10.1 Å². The molecule has 2 rings (SSSR count). The third-order valence-electron chi connectivity index (χ3n) is 2.54. The molecule has 0 bridgehead atoms. The Balaban J connectivity index is 1.58. The summed E-state index contributed by atoms with van der Waals surface area (Å²) in [5, 5.41) is 2.53. The Morgan fingerprint density at radius 2 is 2.00 bits per heavy atom. The lowest BCUT2D eigenvalue weighted by Crippen LogP contribution is -2.49. The number of carbonyl (C=O) groups excluding carboxylic acids is 3. The second-order valence-corrected chi connectivity index (χ2v) is 7.23. The van der Waals surface area contributed by atoms with Crippen LogP contribution in [0.25, 0.3) is 0 Å². The van der Waals surface area contributed by atoms with Crippen LogP contribution in [0.4, 0.5) is 0 Å². The summed E-state index contributed by atoms with van der Waals surface area (Å²) < 4.78 is 0.712. The number of hydrazine groups is 1. The van der Waals surface area contributed by atoms with Gasteiger partial charge < -0.3 is 5.32 Å². The Hall–Kier alpha value is -1.25. The lowest BCUT2D eigenvalue weighted by Gasteiger charge is -2.07. The van der Waals surface area contributed by atoms with Gasteiger partial charge in [0.05, 0.1) is 10.1 Å². The normalized spacial score (nSPS) is 13.6. The summed E-state index contributed by atoms with van der Waals surface area (Å²) in [6, 6.07) is 3.81. The van der Waals surface area contributed by atoms with Gasteiger partial charge in [-0.2, -0.15) is 0 Å². The molecule has 1 aromatic heterocycles. The second-order valence-electron chi connectivity index (χ2n) is 4.45. The van der Waals surface area contributed by atoms with E-state index in [-0.39, 0.29) is 17.7 Å². The minimum atomic E-state index is -0.856. The first kappa shape index (κ1) is 16.1. The van der Waals surface area contributed by atoms with E-state index in [1.54, 1.807) is 6.07 Å². The highest BCUT2D eigenvalue weighted by molar-refractivity contribution is 7.99. The molecule has 1 heterocycles. The van der Waals surface area contributed by atoms with E-state index >= 15 is 0 Å². The standard InChI is InChI=1S/C12H14ClN3O3S2/c13-9-4-3-8(21-9)5-20-6-10(17)15-16-12(19)11(18)14-7-1-2-7/h3-4,7H,1-2,5-6H2,(H,14,18)(H,15,17)(H,16,19). The van der Waals surface area contributed by atoms with Crippen LogP contribution in [-0.2, 0) is 20.1 Å². The van der Waals surface area contributed by atoms with E-state index in [1.165, 1.54) is 23.1 Å². The van der Waals surface area contributed by atoms with Crippen LogP contribution in [0.5, 0.6) is 0 Å². The van der Waals surface area contributed by atoms with Crippen molar-refractivity contribution < 1.29 is 14.4 Å². The minimum Gasteiger partial charge on any atom is -0.345 e. The van der Waals surface area contributed by atoms with Gasteiger partial charge in [0.15, 0.2) is 0 Å². The fraction of sp³-hybridized carbons (Fsp3) is 0.417. The molecule has 0 unspecified atom stereocenters. The fourth-order valence-corrected chi connectivity index (χ4v) is 3.40. The topological polar surface area (TPSA) is 87.3 Å². The van der Waals surface area contributed by atoms with E-state index in [2.05, 4.69) is 16.2 Å². The summed E-state index contributed by atoms with van der Waals surface area (Å²) in [5.41, 5.74) is 4.29. The molecule has 6 nitrogen and oxygen atoms in total. The predicted molar refractivity (Wildman–Crippen MR) is 82.9 cm³/mol. The van der Waals surface area contributed by atoms with Gasteiger partial charge in [-0.05, 0) is 25.0 Å². The van der Waals surface area contributed by atoms with E-state index < -0.39 is 11.8 Å². The quantitative estimate of drug-likeness (QED) is 0.549. The molecule has 1 aliphatic rings. The molecule has 1 aliphatic carbocycles. The Bertz CT molecular complexity index is 546. The van der Waals surface area contributed by atoms with Crippen molar-refractivity contribution in [1.82, 2.24) is 16.2 Å². The zero-order chi connectivity index (χ0) is 15.2. The van der Waals surface area contributed by atoms with Gasteiger partial charge in [0.1, 0.15) is 0 Å². The summed E-state index contributed by atoms with van der Waals surface area (Å²) in [6.07, 6.45) is 1.80. The first-order chi connectivity index (χ1) is 10.0. The fourth-order valence-electron chi connectivity index (χ4n) is 1.37. The average molecular weight is 348 g/mol. The smallest absolute Gasteiger partial charge is 0.327 e. The highest BCUT2D eigenvalue weighted by Crippen LogP contribution is 2.24. The molecule has 3 N–H and O–H groups in total.